The highest BCUT2D eigenvalue weighted by Gasteiger charge is 2.52. The second-order valence-electron chi connectivity index (χ2n) is 7.28. The van der Waals surface area contributed by atoms with Gasteiger partial charge >= 0.3 is 0 Å². The molecule has 2 saturated heterocycles. The largest absolute Gasteiger partial charge is 0.368 e. The van der Waals surface area contributed by atoms with Crippen molar-refractivity contribution < 1.29 is 28.4 Å². The van der Waals surface area contributed by atoms with Crippen molar-refractivity contribution in [3.8, 4) is 0 Å². The number of methoxy groups -OCH3 is 1. The summed E-state index contributed by atoms with van der Waals surface area (Å²) >= 11 is 0. The summed E-state index contributed by atoms with van der Waals surface area (Å²) in [4.78, 5) is 0. The molecule has 0 saturated carbocycles. The third kappa shape index (κ3) is 3.37. The Morgan fingerprint density at radius 2 is 1.43 bits per heavy atom. The SMILES string of the molecule is CO[C@H]1O[C@@H]2CO[C@H](c3ccccc3)O[C@@H]2[C@@H]2OCc3ccccc3CO[C@@H]12. The molecule has 3 aliphatic heterocycles. The van der Waals surface area contributed by atoms with Gasteiger partial charge in [-0.3, -0.25) is 0 Å². The third-order valence-electron chi connectivity index (χ3n) is 5.57. The minimum atomic E-state index is -0.531. The van der Waals surface area contributed by atoms with Crippen molar-refractivity contribution in [2.75, 3.05) is 13.7 Å². The van der Waals surface area contributed by atoms with Crippen molar-refractivity contribution in [1.29, 1.82) is 0 Å². The Labute approximate surface area is 164 Å². The number of hydrogen-bond donors (Lipinski definition) is 0. The van der Waals surface area contributed by atoms with Gasteiger partial charge < -0.3 is 28.4 Å². The van der Waals surface area contributed by atoms with Gasteiger partial charge in [-0.05, 0) is 11.1 Å². The normalized spacial score (nSPS) is 35.0. The number of ether oxygens (including phenoxy) is 6. The zero-order valence-corrected chi connectivity index (χ0v) is 15.7. The van der Waals surface area contributed by atoms with E-state index in [4.69, 9.17) is 28.4 Å². The van der Waals surface area contributed by atoms with Crippen molar-refractivity contribution in [3.05, 3.63) is 71.3 Å². The van der Waals surface area contributed by atoms with E-state index >= 15 is 0 Å². The fourth-order valence-corrected chi connectivity index (χ4v) is 4.09. The van der Waals surface area contributed by atoms with Crippen LogP contribution in [-0.2, 0) is 41.6 Å². The summed E-state index contributed by atoms with van der Waals surface area (Å²) in [6.45, 7) is 1.40. The van der Waals surface area contributed by atoms with Gasteiger partial charge in [-0.2, -0.15) is 0 Å². The van der Waals surface area contributed by atoms with Gasteiger partial charge in [0.15, 0.2) is 12.6 Å². The first-order valence-corrected chi connectivity index (χ1v) is 9.64. The average Bonchev–Trinajstić information content (AvgIpc) is 2.74. The number of fused-ring (bicyclic) bond motifs is 4. The van der Waals surface area contributed by atoms with Crippen LogP contribution < -0.4 is 0 Å². The van der Waals surface area contributed by atoms with Crippen molar-refractivity contribution >= 4 is 0 Å². The number of rotatable bonds is 2. The Morgan fingerprint density at radius 3 is 2.14 bits per heavy atom. The van der Waals surface area contributed by atoms with Crippen LogP contribution in [0.25, 0.3) is 0 Å². The third-order valence-corrected chi connectivity index (χ3v) is 5.57. The van der Waals surface area contributed by atoms with Crippen LogP contribution in [0, 0.1) is 0 Å². The quantitative estimate of drug-likeness (QED) is 0.794. The molecule has 5 rings (SSSR count). The lowest BCUT2D eigenvalue weighted by Crippen LogP contribution is -2.63. The highest BCUT2D eigenvalue weighted by Crippen LogP contribution is 2.37. The van der Waals surface area contributed by atoms with E-state index in [1.807, 2.05) is 42.5 Å². The highest BCUT2D eigenvalue weighted by atomic mass is 16.8. The first kappa shape index (κ1) is 18.2. The number of hydrogen-bond acceptors (Lipinski definition) is 6. The second-order valence-corrected chi connectivity index (χ2v) is 7.28. The van der Waals surface area contributed by atoms with Crippen molar-refractivity contribution in [3.63, 3.8) is 0 Å². The predicted octanol–water partition coefficient (Wildman–Crippen LogP) is 2.96. The van der Waals surface area contributed by atoms with Crippen LogP contribution in [0.1, 0.15) is 23.0 Å². The molecule has 6 nitrogen and oxygen atoms in total. The van der Waals surface area contributed by atoms with Crippen LogP contribution in [0.5, 0.6) is 0 Å². The lowest BCUT2D eigenvalue weighted by Gasteiger charge is -2.49. The summed E-state index contributed by atoms with van der Waals surface area (Å²) in [7, 11) is 1.62. The van der Waals surface area contributed by atoms with Crippen LogP contribution in [0.2, 0.25) is 0 Å². The molecule has 148 valence electrons. The van der Waals surface area contributed by atoms with Crippen molar-refractivity contribution in [2.45, 2.75) is 50.2 Å². The van der Waals surface area contributed by atoms with Crippen LogP contribution in [0.15, 0.2) is 54.6 Å². The molecule has 0 spiro atoms. The predicted molar refractivity (Wildman–Crippen MR) is 99.3 cm³/mol. The van der Waals surface area contributed by atoms with Crippen molar-refractivity contribution in [2.24, 2.45) is 0 Å². The van der Waals surface area contributed by atoms with Crippen LogP contribution in [-0.4, -0.2) is 44.4 Å². The van der Waals surface area contributed by atoms with E-state index in [0.717, 1.165) is 16.7 Å². The zero-order chi connectivity index (χ0) is 18.9. The summed E-state index contributed by atoms with van der Waals surface area (Å²) in [6.07, 6.45) is -2.25. The standard InChI is InChI=1S/C22H24O6/c1-23-22-20-19(24-11-15-9-5-6-10-16(15)12-25-20)18-17(27-22)13-26-21(28-18)14-7-3-2-4-8-14/h2-10,17-22H,11-13H2,1H3/t17-,18+,19+,20-,21+,22+/m1/s1. The van der Waals surface area contributed by atoms with Gasteiger partial charge in [0.25, 0.3) is 0 Å². The summed E-state index contributed by atoms with van der Waals surface area (Å²) in [5.41, 5.74) is 3.22. The molecule has 0 bridgehead atoms. The van der Waals surface area contributed by atoms with Crippen LogP contribution >= 0.6 is 0 Å². The first-order chi connectivity index (χ1) is 13.8. The maximum absolute atomic E-state index is 6.33. The first-order valence-electron chi connectivity index (χ1n) is 9.64. The van der Waals surface area contributed by atoms with Gasteiger partial charge in [0.2, 0.25) is 0 Å². The Bertz CT molecular complexity index is 797. The highest BCUT2D eigenvalue weighted by molar-refractivity contribution is 5.26. The van der Waals surface area contributed by atoms with Gasteiger partial charge in [-0.15, -0.1) is 0 Å². The van der Waals surface area contributed by atoms with E-state index < -0.39 is 12.6 Å². The lowest BCUT2D eigenvalue weighted by molar-refractivity contribution is -0.370. The van der Waals surface area contributed by atoms with Gasteiger partial charge in [-0.25, -0.2) is 0 Å². The van der Waals surface area contributed by atoms with E-state index in [1.165, 1.54) is 0 Å². The molecule has 0 aromatic heterocycles. The van der Waals surface area contributed by atoms with E-state index in [9.17, 15) is 0 Å². The molecule has 0 amide bonds. The fraction of sp³-hybridized carbons (Fsp3) is 0.455. The molecule has 3 aliphatic rings. The molecule has 0 radical (unpaired) electrons. The molecular weight excluding hydrogens is 360 g/mol. The van der Waals surface area contributed by atoms with E-state index in [0.29, 0.717) is 19.8 Å². The second kappa shape index (κ2) is 7.91. The molecule has 2 aromatic rings. The fourth-order valence-electron chi connectivity index (χ4n) is 4.09. The van der Waals surface area contributed by atoms with E-state index in [-0.39, 0.29) is 24.4 Å². The summed E-state index contributed by atoms with van der Waals surface area (Å²) < 4.78 is 36.4. The van der Waals surface area contributed by atoms with Gasteiger partial charge in [0, 0.05) is 12.7 Å². The monoisotopic (exact) mass is 384 g/mol. The topological polar surface area (TPSA) is 55.4 Å². The molecule has 6 heteroatoms. The lowest BCUT2D eigenvalue weighted by atomic mass is 9.96. The van der Waals surface area contributed by atoms with Crippen LogP contribution in [0.4, 0.5) is 0 Å². The van der Waals surface area contributed by atoms with Crippen molar-refractivity contribution in [1.82, 2.24) is 0 Å². The Balaban J connectivity index is 1.42. The van der Waals surface area contributed by atoms with Crippen LogP contribution in [0.3, 0.4) is 0 Å². The Hall–Kier alpha value is -1.80. The summed E-state index contributed by atoms with van der Waals surface area (Å²) in [5.74, 6) is 0. The molecule has 0 unspecified atom stereocenters. The molecule has 28 heavy (non-hydrogen) atoms. The molecular formula is C22H24O6. The van der Waals surface area contributed by atoms with E-state index in [2.05, 4.69) is 12.1 Å². The molecule has 0 N–H and O–H groups in total. The molecule has 6 atom stereocenters. The zero-order valence-electron chi connectivity index (χ0n) is 15.7. The summed E-state index contributed by atoms with van der Waals surface area (Å²) in [5, 5.41) is 0. The smallest absolute Gasteiger partial charge is 0.186 e. The van der Waals surface area contributed by atoms with Gasteiger partial charge in [-0.1, -0.05) is 54.6 Å². The Kier molecular flexibility index (Phi) is 5.15. The summed E-state index contributed by atoms with van der Waals surface area (Å²) in [6, 6.07) is 18.1. The minimum absolute atomic E-state index is 0.274. The Morgan fingerprint density at radius 1 is 0.750 bits per heavy atom. The van der Waals surface area contributed by atoms with Gasteiger partial charge in [0.1, 0.15) is 24.4 Å². The minimum Gasteiger partial charge on any atom is -0.368 e. The maximum Gasteiger partial charge on any atom is 0.186 e. The maximum atomic E-state index is 6.33. The molecule has 2 fully saturated rings. The molecule has 0 aliphatic carbocycles. The van der Waals surface area contributed by atoms with E-state index in [1.54, 1.807) is 7.11 Å². The average molecular weight is 384 g/mol. The van der Waals surface area contributed by atoms with Gasteiger partial charge in [0.05, 0.1) is 19.8 Å². The molecule has 3 heterocycles. The molecule has 2 aromatic carbocycles. The number of benzene rings is 2.